The van der Waals surface area contributed by atoms with Crippen LogP contribution >= 0.6 is 0 Å². The molecule has 0 bridgehead atoms. The largest absolute Gasteiger partial charge is 0.461 e. The number of hydrogen-bond donors (Lipinski definition) is 0. The zero-order chi connectivity index (χ0) is 22.6. The van der Waals surface area contributed by atoms with Crippen molar-refractivity contribution in [3.8, 4) is 0 Å². The first kappa shape index (κ1) is 22.3. The summed E-state index contributed by atoms with van der Waals surface area (Å²) in [4.78, 5) is 39.9. The number of halogens is 3. The predicted molar refractivity (Wildman–Crippen MR) is 106 cm³/mol. The maximum absolute atomic E-state index is 13.3. The summed E-state index contributed by atoms with van der Waals surface area (Å²) in [6, 6.07) is 12.4. The van der Waals surface area contributed by atoms with Crippen molar-refractivity contribution in [3.05, 3.63) is 83.9 Å². The molecular formula is C23H20F3NO4. The lowest BCUT2D eigenvalue weighted by Gasteiger charge is -2.25. The quantitative estimate of drug-likeness (QED) is 0.300. The van der Waals surface area contributed by atoms with Crippen LogP contribution in [-0.4, -0.2) is 35.8 Å². The van der Waals surface area contributed by atoms with Crippen molar-refractivity contribution < 1.29 is 32.3 Å². The Morgan fingerprint density at radius 1 is 1.10 bits per heavy atom. The summed E-state index contributed by atoms with van der Waals surface area (Å²) in [6.45, 7) is 3.33. The summed E-state index contributed by atoms with van der Waals surface area (Å²) in [7, 11) is 0. The van der Waals surface area contributed by atoms with E-state index in [2.05, 4.69) is 6.58 Å². The smallest absolute Gasteiger partial charge is 0.416 e. The SMILES string of the molecule is C=CCOC(=O)C1(Cc2ccc(C(F)(F)F)cc2)CCN(C(=O)c2ccccc2)C1=O. The Morgan fingerprint density at radius 2 is 1.74 bits per heavy atom. The second kappa shape index (κ2) is 8.75. The lowest BCUT2D eigenvalue weighted by molar-refractivity contribution is -0.159. The Bertz CT molecular complexity index is 986. The minimum Gasteiger partial charge on any atom is -0.461 e. The van der Waals surface area contributed by atoms with Crippen molar-refractivity contribution in [2.45, 2.75) is 19.0 Å². The van der Waals surface area contributed by atoms with Crippen LogP contribution in [0.4, 0.5) is 13.2 Å². The van der Waals surface area contributed by atoms with E-state index in [1.165, 1.54) is 18.2 Å². The van der Waals surface area contributed by atoms with E-state index in [1.807, 2.05) is 0 Å². The number of amides is 2. The van der Waals surface area contributed by atoms with Gasteiger partial charge in [0.15, 0.2) is 5.41 Å². The van der Waals surface area contributed by atoms with Gasteiger partial charge in [-0.3, -0.25) is 19.3 Å². The van der Waals surface area contributed by atoms with Gasteiger partial charge >= 0.3 is 12.1 Å². The fraction of sp³-hybridized carbons (Fsp3) is 0.261. The molecule has 0 spiro atoms. The van der Waals surface area contributed by atoms with Gasteiger partial charge in [-0.1, -0.05) is 43.0 Å². The maximum atomic E-state index is 13.3. The molecule has 3 rings (SSSR count). The normalized spacial score (nSPS) is 18.7. The molecule has 1 aliphatic rings. The molecule has 2 amide bonds. The number of esters is 1. The minimum absolute atomic E-state index is 0.00139. The number of imide groups is 1. The minimum atomic E-state index is -4.50. The molecular weight excluding hydrogens is 411 g/mol. The van der Waals surface area contributed by atoms with Crippen molar-refractivity contribution in [2.24, 2.45) is 5.41 Å². The first-order valence-electron chi connectivity index (χ1n) is 9.54. The average molecular weight is 431 g/mol. The number of benzene rings is 2. The molecule has 1 fully saturated rings. The highest BCUT2D eigenvalue weighted by Gasteiger charge is 2.55. The fourth-order valence-corrected chi connectivity index (χ4v) is 3.56. The van der Waals surface area contributed by atoms with E-state index in [9.17, 15) is 27.6 Å². The highest BCUT2D eigenvalue weighted by atomic mass is 19.4. The van der Waals surface area contributed by atoms with Gasteiger partial charge < -0.3 is 4.74 Å². The molecule has 1 unspecified atom stereocenters. The van der Waals surface area contributed by atoms with Gasteiger partial charge in [0.2, 0.25) is 5.91 Å². The number of likely N-dealkylation sites (tertiary alicyclic amines) is 1. The Hall–Kier alpha value is -3.42. The Balaban J connectivity index is 1.91. The molecule has 0 aromatic heterocycles. The molecule has 5 nitrogen and oxygen atoms in total. The van der Waals surface area contributed by atoms with Gasteiger partial charge in [0.1, 0.15) is 6.61 Å². The van der Waals surface area contributed by atoms with Crippen molar-refractivity contribution in [1.82, 2.24) is 4.90 Å². The number of alkyl halides is 3. The van der Waals surface area contributed by atoms with E-state index < -0.39 is 34.9 Å². The molecule has 0 N–H and O–H groups in total. The van der Waals surface area contributed by atoms with Crippen LogP contribution in [0.25, 0.3) is 0 Å². The second-order valence-electron chi connectivity index (χ2n) is 7.22. The van der Waals surface area contributed by atoms with Crippen LogP contribution in [0.1, 0.15) is 27.9 Å². The van der Waals surface area contributed by atoms with Gasteiger partial charge in [-0.2, -0.15) is 13.2 Å². The Labute approximate surface area is 177 Å². The predicted octanol–water partition coefficient (Wildman–Crippen LogP) is 4.04. The molecule has 0 radical (unpaired) electrons. The average Bonchev–Trinajstić information content (AvgIpc) is 3.09. The third-order valence-electron chi connectivity index (χ3n) is 5.19. The molecule has 1 atom stereocenters. The maximum Gasteiger partial charge on any atom is 0.416 e. The van der Waals surface area contributed by atoms with Crippen LogP contribution < -0.4 is 0 Å². The van der Waals surface area contributed by atoms with Crippen molar-refractivity contribution in [1.29, 1.82) is 0 Å². The van der Waals surface area contributed by atoms with E-state index in [0.29, 0.717) is 11.1 Å². The summed E-state index contributed by atoms with van der Waals surface area (Å²) < 4.78 is 43.7. The van der Waals surface area contributed by atoms with E-state index in [4.69, 9.17) is 4.74 Å². The standard InChI is InChI=1S/C23H20F3NO4/c1-2-14-31-21(30)22(15-16-8-10-18(11-9-16)23(24,25)26)12-13-27(20(22)29)19(28)17-6-4-3-5-7-17/h2-11H,1,12-15H2. The monoisotopic (exact) mass is 431 g/mol. The highest BCUT2D eigenvalue weighted by molar-refractivity contribution is 6.14. The fourth-order valence-electron chi connectivity index (χ4n) is 3.56. The number of ether oxygens (including phenoxy) is 1. The van der Waals surface area contributed by atoms with Crippen LogP contribution in [0.15, 0.2) is 67.3 Å². The van der Waals surface area contributed by atoms with Gasteiger partial charge in [0.25, 0.3) is 5.91 Å². The molecule has 1 heterocycles. The van der Waals surface area contributed by atoms with Crippen molar-refractivity contribution in [2.75, 3.05) is 13.2 Å². The van der Waals surface area contributed by atoms with Gasteiger partial charge in [-0.15, -0.1) is 0 Å². The zero-order valence-corrected chi connectivity index (χ0v) is 16.5. The molecule has 1 saturated heterocycles. The van der Waals surface area contributed by atoms with Crippen LogP contribution in [0.2, 0.25) is 0 Å². The van der Waals surface area contributed by atoms with Crippen molar-refractivity contribution in [3.63, 3.8) is 0 Å². The van der Waals surface area contributed by atoms with E-state index in [-0.39, 0.29) is 26.0 Å². The van der Waals surface area contributed by atoms with Crippen LogP contribution in [0.3, 0.4) is 0 Å². The van der Waals surface area contributed by atoms with Gasteiger partial charge in [0, 0.05) is 12.1 Å². The van der Waals surface area contributed by atoms with Gasteiger partial charge in [-0.25, -0.2) is 0 Å². The lowest BCUT2D eigenvalue weighted by atomic mass is 9.80. The third-order valence-corrected chi connectivity index (χ3v) is 5.19. The lowest BCUT2D eigenvalue weighted by Crippen LogP contribution is -2.45. The van der Waals surface area contributed by atoms with Crippen LogP contribution in [0.5, 0.6) is 0 Å². The number of hydrogen-bond acceptors (Lipinski definition) is 4. The van der Waals surface area contributed by atoms with Crippen LogP contribution in [0, 0.1) is 5.41 Å². The zero-order valence-electron chi connectivity index (χ0n) is 16.5. The molecule has 162 valence electrons. The van der Waals surface area contributed by atoms with E-state index >= 15 is 0 Å². The first-order valence-corrected chi connectivity index (χ1v) is 9.54. The van der Waals surface area contributed by atoms with Gasteiger partial charge in [-0.05, 0) is 42.7 Å². The number of carbonyl (C=O) groups is 3. The third kappa shape index (κ3) is 4.52. The first-order chi connectivity index (χ1) is 14.7. The second-order valence-corrected chi connectivity index (χ2v) is 7.22. The topological polar surface area (TPSA) is 63.7 Å². The van der Waals surface area contributed by atoms with Crippen LogP contribution in [-0.2, 0) is 26.9 Å². The molecule has 31 heavy (non-hydrogen) atoms. The summed E-state index contributed by atoms with van der Waals surface area (Å²) in [5, 5.41) is 0. The molecule has 0 saturated carbocycles. The Morgan fingerprint density at radius 3 is 2.32 bits per heavy atom. The summed E-state index contributed by atoms with van der Waals surface area (Å²) in [5.41, 5.74) is -1.89. The van der Waals surface area contributed by atoms with E-state index in [0.717, 1.165) is 17.0 Å². The summed E-state index contributed by atoms with van der Waals surface area (Å²) in [6.07, 6.45) is -3.34. The molecule has 0 aliphatic carbocycles. The highest BCUT2D eigenvalue weighted by Crippen LogP contribution is 2.38. The van der Waals surface area contributed by atoms with Gasteiger partial charge in [0.05, 0.1) is 5.56 Å². The summed E-state index contributed by atoms with van der Waals surface area (Å²) >= 11 is 0. The number of carbonyl (C=O) groups excluding carboxylic acids is 3. The summed E-state index contributed by atoms with van der Waals surface area (Å²) in [5.74, 6) is -2.10. The Kier molecular flexibility index (Phi) is 6.29. The molecule has 1 aliphatic heterocycles. The molecule has 2 aromatic rings. The molecule has 2 aromatic carbocycles. The molecule has 8 heteroatoms. The van der Waals surface area contributed by atoms with Crippen molar-refractivity contribution >= 4 is 17.8 Å². The van der Waals surface area contributed by atoms with E-state index in [1.54, 1.807) is 30.3 Å². The number of rotatable bonds is 6. The number of nitrogens with zero attached hydrogens (tertiary/aromatic N) is 1.